The third-order valence-electron chi connectivity index (χ3n) is 1.38. The zero-order chi connectivity index (χ0) is 9.14. The topological polar surface area (TPSA) is 33.1 Å². The zero-order valence-electron chi connectivity index (χ0n) is 5.97. The number of halogens is 3. The molecule has 2 nitrogen and oxygen atoms in total. The second-order valence-electron chi connectivity index (χ2n) is 2.12. The Bertz CT molecular complexity index is 280. The number of alkyl halides is 2. The van der Waals surface area contributed by atoms with Crippen LogP contribution in [0.1, 0.15) is 17.7 Å². The van der Waals surface area contributed by atoms with E-state index in [0.717, 1.165) is 0 Å². The van der Waals surface area contributed by atoms with E-state index >= 15 is 0 Å². The van der Waals surface area contributed by atoms with Crippen molar-refractivity contribution in [2.24, 2.45) is 0 Å². The van der Waals surface area contributed by atoms with Crippen molar-refractivity contribution in [1.82, 2.24) is 4.98 Å². The molecule has 1 rings (SSSR count). The standard InChI is InChI=1S/C7H6F2INO/c8-7(9)4-1-2-11-5(3-12)6(4)10/h1-2,7,12H,3H2. The van der Waals surface area contributed by atoms with E-state index in [-0.39, 0.29) is 12.2 Å². The summed E-state index contributed by atoms with van der Waals surface area (Å²) < 4.78 is 24.8. The van der Waals surface area contributed by atoms with Crippen LogP contribution in [0.4, 0.5) is 8.78 Å². The van der Waals surface area contributed by atoms with Crippen LogP contribution in [0.3, 0.4) is 0 Å². The molecular formula is C7H6F2INO. The van der Waals surface area contributed by atoms with Gasteiger partial charge < -0.3 is 5.11 Å². The van der Waals surface area contributed by atoms with E-state index in [1.807, 2.05) is 0 Å². The minimum Gasteiger partial charge on any atom is -0.390 e. The number of hydrogen-bond donors (Lipinski definition) is 1. The number of hydrogen-bond acceptors (Lipinski definition) is 2. The smallest absolute Gasteiger partial charge is 0.264 e. The average molecular weight is 285 g/mol. The van der Waals surface area contributed by atoms with Gasteiger partial charge in [-0.05, 0) is 28.7 Å². The fourth-order valence-corrected chi connectivity index (χ4v) is 1.51. The Balaban J connectivity index is 3.14. The number of aliphatic hydroxyl groups excluding tert-OH is 1. The molecule has 66 valence electrons. The molecule has 0 spiro atoms. The Labute approximate surface area is 81.8 Å². The van der Waals surface area contributed by atoms with Crippen molar-refractivity contribution in [3.05, 3.63) is 27.1 Å². The Morgan fingerprint density at radius 2 is 2.25 bits per heavy atom. The van der Waals surface area contributed by atoms with Crippen molar-refractivity contribution < 1.29 is 13.9 Å². The van der Waals surface area contributed by atoms with Crippen LogP contribution >= 0.6 is 22.6 Å². The van der Waals surface area contributed by atoms with Crippen LogP contribution in [0.2, 0.25) is 0 Å². The number of pyridine rings is 1. The van der Waals surface area contributed by atoms with E-state index in [1.54, 1.807) is 22.6 Å². The average Bonchev–Trinajstić information content (AvgIpc) is 2.04. The van der Waals surface area contributed by atoms with Crippen molar-refractivity contribution in [3.63, 3.8) is 0 Å². The number of nitrogens with zero attached hydrogens (tertiary/aromatic N) is 1. The van der Waals surface area contributed by atoms with Crippen molar-refractivity contribution >= 4 is 22.6 Å². The summed E-state index contributed by atoms with van der Waals surface area (Å²) in [7, 11) is 0. The number of aliphatic hydroxyl groups is 1. The van der Waals surface area contributed by atoms with E-state index in [1.165, 1.54) is 12.3 Å². The highest BCUT2D eigenvalue weighted by atomic mass is 127. The van der Waals surface area contributed by atoms with Crippen molar-refractivity contribution in [2.75, 3.05) is 0 Å². The lowest BCUT2D eigenvalue weighted by molar-refractivity contribution is 0.149. The summed E-state index contributed by atoms with van der Waals surface area (Å²) in [6.45, 7) is -0.307. The molecule has 0 bridgehead atoms. The minimum atomic E-state index is -2.51. The van der Waals surface area contributed by atoms with Crippen LogP contribution in [-0.4, -0.2) is 10.1 Å². The molecule has 0 amide bonds. The largest absolute Gasteiger partial charge is 0.390 e. The summed E-state index contributed by atoms with van der Waals surface area (Å²) in [5.41, 5.74) is 0.225. The van der Waals surface area contributed by atoms with Gasteiger partial charge in [0.1, 0.15) is 0 Å². The van der Waals surface area contributed by atoms with Gasteiger partial charge in [0.15, 0.2) is 0 Å². The summed E-state index contributed by atoms with van der Waals surface area (Å²) in [6.07, 6.45) is -1.24. The maximum atomic E-state index is 12.2. The first-order valence-corrected chi connectivity index (χ1v) is 4.27. The normalized spacial score (nSPS) is 10.8. The van der Waals surface area contributed by atoms with Crippen LogP contribution in [0.15, 0.2) is 12.3 Å². The van der Waals surface area contributed by atoms with Crippen LogP contribution in [0.25, 0.3) is 0 Å². The predicted molar refractivity (Wildman–Crippen MR) is 47.8 cm³/mol. The molecule has 1 heterocycles. The molecule has 0 aliphatic carbocycles. The lowest BCUT2D eigenvalue weighted by Crippen LogP contribution is -1.98. The van der Waals surface area contributed by atoms with Crippen molar-refractivity contribution in [2.45, 2.75) is 13.0 Å². The van der Waals surface area contributed by atoms with Gasteiger partial charge in [0.25, 0.3) is 6.43 Å². The van der Waals surface area contributed by atoms with Crippen LogP contribution in [0.5, 0.6) is 0 Å². The molecule has 0 unspecified atom stereocenters. The molecule has 1 aromatic heterocycles. The lowest BCUT2D eigenvalue weighted by atomic mass is 10.2. The van der Waals surface area contributed by atoms with E-state index in [2.05, 4.69) is 4.98 Å². The minimum absolute atomic E-state index is 0.0744. The highest BCUT2D eigenvalue weighted by molar-refractivity contribution is 14.1. The molecule has 0 radical (unpaired) electrons. The Morgan fingerprint density at radius 1 is 1.58 bits per heavy atom. The second kappa shape index (κ2) is 4.08. The molecule has 0 fully saturated rings. The number of rotatable bonds is 2. The molecule has 0 aliphatic rings. The monoisotopic (exact) mass is 285 g/mol. The van der Waals surface area contributed by atoms with Crippen LogP contribution < -0.4 is 0 Å². The summed E-state index contributed by atoms with van der Waals surface area (Å²) in [5.74, 6) is 0. The SMILES string of the molecule is OCc1nccc(C(F)F)c1I. The molecule has 12 heavy (non-hydrogen) atoms. The maximum absolute atomic E-state index is 12.2. The second-order valence-corrected chi connectivity index (χ2v) is 3.20. The van der Waals surface area contributed by atoms with E-state index in [4.69, 9.17) is 5.11 Å². The van der Waals surface area contributed by atoms with Gasteiger partial charge in [-0.1, -0.05) is 0 Å². The first-order valence-electron chi connectivity index (χ1n) is 3.19. The highest BCUT2D eigenvalue weighted by Gasteiger charge is 2.13. The molecule has 0 saturated carbocycles. The first kappa shape index (κ1) is 9.79. The Hall–Kier alpha value is -0.300. The molecule has 0 saturated heterocycles. The van der Waals surface area contributed by atoms with Gasteiger partial charge in [-0.25, -0.2) is 8.78 Å². The van der Waals surface area contributed by atoms with E-state index in [9.17, 15) is 8.78 Å². The fourth-order valence-electron chi connectivity index (χ4n) is 0.783. The molecule has 0 aromatic carbocycles. The van der Waals surface area contributed by atoms with E-state index < -0.39 is 6.43 Å². The molecule has 0 aliphatic heterocycles. The van der Waals surface area contributed by atoms with Gasteiger partial charge in [0, 0.05) is 15.3 Å². The summed E-state index contributed by atoms with van der Waals surface area (Å²) >= 11 is 1.75. The van der Waals surface area contributed by atoms with Crippen molar-refractivity contribution in [1.29, 1.82) is 0 Å². The van der Waals surface area contributed by atoms with E-state index in [0.29, 0.717) is 9.26 Å². The lowest BCUT2D eigenvalue weighted by Gasteiger charge is -2.05. The van der Waals surface area contributed by atoms with Gasteiger partial charge in [-0.2, -0.15) is 0 Å². The predicted octanol–water partition coefficient (Wildman–Crippen LogP) is 2.12. The summed E-state index contributed by atoms with van der Waals surface area (Å²) in [6, 6.07) is 1.26. The van der Waals surface area contributed by atoms with Crippen LogP contribution in [-0.2, 0) is 6.61 Å². The molecule has 5 heteroatoms. The maximum Gasteiger partial charge on any atom is 0.264 e. The van der Waals surface area contributed by atoms with Crippen LogP contribution in [0, 0.1) is 3.57 Å². The highest BCUT2D eigenvalue weighted by Crippen LogP contribution is 2.25. The first-order chi connectivity index (χ1) is 5.66. The third kappa shape index (κ3) is 1.89. The molecular weight excluding hydrogens is 279 g/mol. The fraction of sp³-hybridized carbons (Fsp3) is 0.286. The Morgan fingerprint density at radius 3 is 2.75 bits per heavy atom. The van der Waals surface area contributed by atoms with Crippen molar-refractivity contribution in [3.8, 4) is 0 Å². The Kier molecular flexibility index (Phi) is 3.33. The summed E-state index contributed by atoms with van der Waals surface area (Å²) in [5, 5.41) is 8.71. The molecule has 1 aromatic rings. The zero-order valence-corrected chi connectivity index (χ0v) is 8.12. The molecule has 1 N–H and O–H groups in total. The number of aromatic nitrogens is 1. The van der Waals surface area contributed by atoms with Gasteiger partial charge in [-0.15, -0.1) is 0 Å². The van der Waals surface area contributed by atoms with Gasteiger partial charge in [-0.3, -0.25) is 4.98 Å². The van der Waals surface area contributed by atoms with Gasteiger partial charge in [0.2, 0.25) is 0 Å². The quantitative estimate of drug-likeness (QED) is 0.844. The molecule has 0 atom stereocenters. The van der Waals surface area contributed by atoms with Gasteiger partial charge >= 0.3 is 0 Å². The third-order valence-corrected chi connectivity index (χ3v) is 2.62. The van der Waals surface area contributed by atoms with Gasteiger partial charge in [0.05, 0.1) is 12.3 Å². The summed E-state index contributed by atoms with van der Waals surface area (Å²) in [4.78, 5) is 3.75.